The molecule has 0 heterocycles. The van der Waals surface area contributed by atoms with Gasteiger partial charge in [0.15, 0.2) is 9.84 Å². The highest BCUT2D eigenvalue weighted by atomic mass is 32.2. The molecule has 1 unspecified atom stereocenters. The number of sulfone groups is 1. The van der Waals surface area contributed by atoms with Crippen LogP contribution in [-0.4, -0.2) is 59.9 Å². The van der Waals surface area contributed by atoms with Gasteiger partial charge in [0.1, 0.15) is 0 Å². The van der Waals surface area contributed by atoms with Gasteiger partial charge < -0.3 is 14.8 Å². The first kappa shape index (κ1) is 15.8. The summed E-state index contributed by atoms with van der Waals surface area (Å²) in [7, 11) is 0.336. The molecule has 0 aliphatic rings. The van der Waals surface area contributed by atoms with E-state index in [1.165, 1.54) is 0 Å². The highest BCUT2D eigenvalue weighted by Gasteiger charge is 2.10. The zero-order valence-corrected chi connectivity index (χ0v) is 11.2. The number of rotatable bonds is 10. The molecule has 0 aromatic heterocycles. The first-order valence-electron chi connectivity index (χ1n) is 5.48. The second-order valence-electron chi connectivity index (χ2n) is 3.67. The summed E-state index contributed by atoms with van der Waals surface area (Å²) in [6.07, 6.45) is 0.645. The van der Waals surface area contributed by atoms with Gasteiger partial charge in [-0.2, -0.15) is 0 Å². The first-order valence-corrected chi connectivity index (χ1v) is 7.30. The van der Waals surface area contributed by atoms with Crippen LogP contribution in [0.3, 0.4) is 0 Å². The zero-order chi connectivity index (χ0) is 12.4. The summed E-state index contributed by atoms with van der Waals surface area (Å²) < 4.78 is 32.8. The van der Waals surface area contributed by atoms with Crippen LogP contribution in [-0.2, 0) is 19.3 Å². The summed E-state index contributed by atoms with van der Waals surface area (Å²) in [5.74, 6) is 0.449. The molecule has 0 bridgehead atoms. The van der Waals surface area contributed by atoms with Crippen LogP contribution in [0.4, 0.5) is 0 Å². The third kappa shape index (κ3) is 8.04. The molecule has 0 radical (unpaired) electrons. The van der Waals surface area contributed by atoms with Crippen molar-refractivity contribution in [2.75, 3.05) is 45.4 Å². The van der Waals surface area contributed by atoms with Crippen LogP contribution in [0, 0.1) is 0 Å². The van der Waals surface area contributed by atoms with E-state index in [1.807, 2.05) is 6.92 Å². The van der Waals surface area contributed by atoms with E-state index in [9.17, 15) is 8.42 Å². The lowest BCUT2D eigenvalue weighted by molar-refractivity contribution is 0.0293. The molecule has 0 spiro atoms. The Bertz CT molecular complexity index is 254. The maximum absolute atomic E-state index is 11.4. The van der Waals surface area contributed by atoms with Crippen LogP contribution in [0.1, 0.15) is 13.3 Å². The largest absolute Gasteiger partial charge is 0.382 e. The van der Waals surface area contributed by atoms with Gasteiger partial charge in [-0.25, -0.2) is 8.42 Å². The molecule has 6 heteroatoms. The molecule has 98 valence electrons. The van der Waals surface area contributed by atoms with E-state index in [0.29, 0.717) is 26.1 Å². The quantitative estimate of drug-likeness (QED) is 0.558. The minimum atomic E-state index is -2.88. The molecule has 1 atom stereocenters. The van der Waals surface area contributed by atoms with E-state index in [-0.39, 0.29) is 17.6 Å². The topological polar surface area (TPSA) is 64.6 Å². The van der Waals surface area contributed by atoms with Crippen molar-refractivity contribution in [2.45, 2.75) is 19.4 Å². The minimum Gasteiger partial charge on any atom is -0.382 e. The average Bonchev–Trinajstić information content (AvgIpc) is 2.22. The molecule has 0 amide bonds. The fraction of sp³-hybridized carbons (Fsp3) is 1.00. The highest BCUT2D eigenvalue weighted by Crippen LogP contribution is 1.93. The molecule has 0 saturated carbocycles. The molecule has 16 heavy (non-hydrogen) atoms. The van der Waals surface area contributed by atoms with Crippen LogP contribution in [0.25, 0.3) is 0 Å². The van der Waals surface area contributed by atoms with E-state index in [1.54, 1.807) is 14.2 Å². The fourth-order valence-electron chi connectivity index (χ4n) is 1.30. The molecule has 0 fully saturated rings. The van der Waals surface area contributed by atoms with E-state index in [4.69, 9.17) is 9.47 Å². The zero-order valence-electron chi connectivity index (χ0n) is 10.4. The Hall–Kier alpha value is -0.170. The van der Waals surface area contributed by atoms with Crippen molar-refractivity contribution >= 4 is 9.84 Å². The Morgan fingerprint density at radius 3 is 2.44 bits per heavy atom. The van der Waals surface area contributed by atoms with Gasteiger partial charge >= 0.3 is 0 Å². The predicted molar refractivity (Wildman–Crippen MR) is 64.5 cm³/mol. The smallest absolute Gasteiger partial charge is 0.151 e. The molecule has 0 rings (SSSR count). The van der Waals surface area contributed by atoms with Crippen molar-refractivity contribution in [2.24, 2.45) is 0 Å². The third-order valence-electron chi connectivity index (χ3n) is 2.16. The van der Waals surface area contributed by atoms with Crippen molar-refractivity contribution in [3.05, 3.63) is 0 Å². The van der Waals surface area contributed by atoms with Gasteiger partial charge in [-0.05, 0) is 6.42 Å². The van der Waals surface area contributed by atoms with Gasteiger partial charge in [0.25, 0.3) is 0 Å². The lowest BCUT2D eigenvalue weighted by Gasteiger charge is -2.14. The lowest BCUT2D eigenvalue weighted by Crippen LogP contribution is -2.34. The number of ether oxygens (including phenoxy) is 2. The summed E-state index contributed by atoms with van der Waals surface area (Å²) in [4.78, 5) is 0. The van der Waals surface area contributed by atoms with Crippen molar-refractivity contribution in [1.82, 2.24) is 5.32 Å². The second-order valence-corrected chi connectivity index (χ2v) is 5.97. The molecule has 5 nitrogen and oxygen atoms in total. The normalized spacial score (nSPS) is 13.9. The fourth-order valence-corrected chi connectivity index (χ4v) is 2.58. The van der Waals surface area contributed by atoms with E-state index >= 15 is 0 Å². The Morgan fingerprint density at radius 1 is 1.25 bits per heavy atom. The minimum absolute atomic E-state index is 0.0288. The van der Waals surface area contributed by atoms with E-state index in [2.05, 4.69) is 5.32 Å². The Morgan fingerprint density at radius 2 is 1.94 bits per heavy atom. The Balaban J connectivity index is 3.66. The molecular weight excluding hydrogens is 230 g/mol. The van der Waals surface area contributed by atoms with Gasteiger partial charge in [-0.1, -0.05) is 6.92 Å². The van der Waals surface area contributed by atoms with Crippen LogP contribution in [0.15, 0.2) is 0 Å². The summed E-state index contributed by atoms with van der Waals surface area (Å²) in [5.41, 5.74) is 0. The number of methoxy groups -OCH3 is 2. The SMILES string of the molecule is CCCS(=O)(=O)CCNCC(COC)OC. The van der Waals surface area contributed by atoms with Crippen LogP contribution < -0.4 is 5.32 Å². The van der Waals surface area contributed by atoms with Crippen LogP contribution >= 0.6 is 0 Å². The maximum Gasteiger partial charge on any atom is 0.151 e. The van der Waals surface area contributed by atoms with Crippen molar-refractivity contribution in [1.29, 1.82) is 0 Å². The highest BCUT2D eigenvalue weighted by molar-refractivity contribution is 7.91. The number of nitrogens with one attached hydrogen (secondary N) is 1. The molecule has 1 N–H and O–H groups in total. The number of hydrogen-bond acceptors (Lipinski definition) is 5. The van der Waals surface area contributed by atoms with E-state index in [0.717, 1.165) is 0 Å². The van der Waals surface area contributed by atoms with Crippen molar-refractivity contribution in [3.63, 3.8) is 0 Å². The summed E-state index contributed by atoms with van der Waals surface area (Å²) >= 11 is 0. The van der Waals surface area contributed by atoms with Gasteiger partial charge in [0, 0.05) is 33.1 Å². The van der Waals surface area contributed by atoms with Crippen molar-refractivity contribution in [3.8, 4) is 0 Å². The maximum atomic E-state index is 11.4. The summed E-state index contributed by atoms with van der Waals surface area (Å²) in [6.45, 7) is 3.44. The molecule has 0 aromatic carbocycles. The summed E-state index contributed by atoms with van der Waals surface area (Å²) in [6, 6.07) is 0. The van der Waals surface area contributed by atoms with E-state index < -0.39 is 9.84 Å². The van der Waals surface area contributed by atoms with Crippen molar-refractivity contribution < 1.29 is 17.9 Å². The summed E-state index contributed by atoms with van der Waals surface area (Å²) in [5, 5.41) is 3.05. The molecule has 0 aliphatic heterocycles. The average molecular weight is 253 g/mol. The monoisotopic (exact) mass is 253 g/mol. The van der Waals surface area contributed by atoms with Crippen LogP contribution in [0.5, 0.6) is 0 Å². The molecular formula is C10H23NO4S. The van der Waals surface area contributed by atoms with Gasteiger partial charge in [0.05, 0.1) is 18.5 Å². The molecule has 0 aliphatic carbocycles. The second kappa shape index (κ2) is 8.92. The number of hydrogen-bond donors (Lipinski definition) is 1. The van der Waals surface area contributed by atoms with Gasteiger partial charge in [-0.3, -0.25) is 0 Å². The standard InChI is InChI=1S/C10H23NO4S/c1-4-6-16(12,13)7-5-11-8-10(15-3)9-14-2/h10-11H,4-9H2,1-3H3. The predicted octanol–water partition coefficient (Wildman–Crippen LogP) is 0.0622. The first-order chi connectivity index (χ1) is 7.55. The Labute approximate surface area is 98.4 Å². The molecule has 0 aromatic rings. The molecule has 0 saturated heterocycles. The van der Waals surface area contributed by atoms with Gasteiger partial charge in [-0.15, -0.1) is 0 Å². The van der Waals surface area contributed by atoms with Crippen LogP contribution in [0.2, 0.25) is 0 Å². The van der Waals surface area contributed by atoms with Gasteiger partial charge in [0.2, 0.25) is 0 Å². The Kier molecular flexibility index (Phi) is 8.83. The lowest BCUT2D eigenvalue weighted by atomic mass is 10.4. The third-order valence-corrected chi connectivity index (χ3v) is 4.02.